The fourth-order valence-corrected chi connectivity index (χ4v) is 3.68. The summed E-state index contributed by atoms with van der Waals surface area (Å²) in [5.41, 5.74) is 1.02. The number of hydrogen-bond acceptors (Lipinski definition) is 2. The Bertz CT molecular complexity index is 517. The Balaban J connectivity index is 2.22. The number of hydrogen-bond donors (Lipinski definition) is 0. The van der Waals surface area contributed by atoms with Crippen LogP contribution in [0.2, 0.25) is 0 Å². The number of carbonyl (C=O) groups excluding carboxylic acids is 1. The summed E-state index contributed by atoms with van der Waals surface area (Å²) in [6.45, 7) is 6.32. The van der Waals surface area contributed by atoms with Crippen LogP contribution in [0.15, 0.2) is 30.3 Å². The third-order valence-electron chi connectivity index (χ3n) is 4.52. The van der Waals surface area contributed by atoms with Gasteiger partial charge in [0.25, 0.3) is 5.11 Å². The molecule has 1 amide bonds. The highest BCUT2D eigenvalue weighted by Gasteiger charge is 2.52. The molecule has 3 nitrogen and oxygen atoms in total. The number of rotatable bonds is 8. The van der Waals surface area contributed by atoms with Crippen molar-refractivity contribution in [3.63, 3.8) is 0 Å². The summed E-state index contributed by atoms with van der Waals surface area (Å²) in [5, 5.41) is 0.772. The molecule has 0 N–H and O–H groups in total. The van der Waals surface area contributed by atoms with Crippen LogP contribution < -0.4 is 4.48 Å². The predicted octanol–water partition coefficient (Wildman–Crippen LogP) is 4.11. The average Bonchev–Trinajstić information content (AvgIpc) is 2.80. The molecule has 2 rings (SSSR count). The Labute approximate surface area is 139 Å². The minimum Gasteiger partial charge on any atom is -0.304 e. The van der Waals surface area contributed by atoms with Crippen molar-refractivity contribution in [2.45, 2.75) is 46.0 Å². The Hall–Kier alpha value is -1.26. The monoisotopic (exact) mass is 319 g/mol. The maximum Gasteiger partial charge on any atom is 0.345 e. The first-order valence-corrected chi connectivity index (χ1v) is 8.84. The van der Waals surface area contributed by atoms with Crippen LogP contribution in [0, 0.1) is 0 Å². The van der Waals surface area contributed by atoms with Crippen molar-refractivity contribution in [3.05, 3.63) is 30.3 Å². The molecule has 1 aromatic carbocycles. The van der Waals surface area contributed by atoms with Gasteiger partial charge in [-0.2, -0.15) is 4.48 Å². The van der Waals surface area contributed by atoms with Crippen molar-refractivity contribution in [1.82, 2.24) is 9.38 Å². The van der Waals surface area contributed by atoms with Crippen LogP contribution in [0.1, 0.15) is 46.0 Å². The molecule has 1 heterocycles. The normalized spacial score (nSPS) is 21.6. The number of nitrogens with zero attached hydrogens (tertiary/aromatic N) is 2. The Morgan fingerprint density at radius 1 is 1.09 bits per heavy atom. The van der Waals surface area contributed by atoms with Crippen molar-refractivity contribution in [2.75, 3.05) is 19.6 Å². The summed E-state index contributed by atoms with van der Waals surface area (Å²) in [6, 6.07) is 10.1. The Kier molecular flexibility index (Phi) is 6.09. The van der Waals surface area contributed by atoms with Gasteiger partial charge in [0.1, 0.15) is 12.2 Å². The third-order valence-corrected chi connectivity index (χ3v) is 5.09. The summed E-state index contributed by atoms with van der Waals surface area (Å²) in [5.74, 6) is 0.216. The first-order valence-electron chi connectivity index (χ1n) is 8.43. The molecule has 1 fully saturated rings. The van der Waals surface area contributed by atoms with Gasteiger partial charge in [-0.15, -0.1) is 0 Å². The van der Waals surface area contributed by atoms with Gasteiger partial charge in [-0.25, -0.2) is 4.79 Å². The van der Waals surface area contributed by atoms with Gasteiger partial charge >= 0.3 is 5.91 Å². The van der Waals surface area contributed by atoms with Crippen LogP contribution in [-0.2, 0) is 4.79 Å². The van der Waals surface area contributed by atoms with E-state index in [-0.39, 0.29) is 10.4 Å². The molecule has 1 aromatic rings. The number of amides is 1. The summed E-state index contributed by atoms with van der Waals surface area (Å²) >= 11 is 5.71. The lowest BCUT2D eigenvalue weighted by Gasteiger charge is -2.30. The van der Waals surface area contributed by atoms with E-state index >= 15 is 0 Å². The van der Waals surface area contributed by atoms with E-state index in [1.54, 1.807) is 0 Å². The Morgan fingerprint density at radius 3 is 2.36 bits per heavy atom. The first kappa shape index (κ1) is 17.1. The maximum atomic E-state index is 12.8. The zero-order chi connectivity index (χ0) is 16.0. The molecule has 1 saturated heterocycles. The minimum atomic E-state index is 0.216. The predicted molar refractivity (Wildman–Crippen MR) is 96.7 cm³/mol. The van der Waals surface area contributed by atoms with E-state index in [4.69, 9.17) is 12.2 Å². The first-order chi connectivity index (χ1) is 10.7. The highest BCUT2D eigenvalue weighted by molar-refractivity contribution is 7.80. The molecule has 0 radical (unpaired) electrons. The van der Waals surface area contributed by atoms with Gasteiger partial charge < -0.3 is 4.90 Å². The number of carbonyl (C=O) groups is 1. The molecule has 0 saturated carbocycles. The van der Waals surface area contributed by atoms with E-state index < -0.39 is 0 Å². The molecule has 1 aliphatic heterocycles. The van der Waals surface area contributed by atoms with Gasteiger partial charge in [0.15, 0.2) is 0 Å². The molecule has 0 spiro atoms. The Morgan fingerprint density at radius 2 is 1.77 bits per heavy atom. The van der Waals surface area contributed by atoms with Crippen molar-refractivity contribution in [2.24, 2.45) is 0 Å². The second-order valence-corrected chi connectivity index (χ2v) is 6.34. The van der Waals surface area contributed by atoms with Crippen molar-refractivity contribution >= 4 is 28.9 Å². The number of benzene rings is 1. The van der Waals surface area contributed by atoms with Crippen molar-refractivity contribution in [3.8, 4) is 0 Å². The van der Waals surface area contributed by atoms with E-state index in [9.17, 15) is 4.79 Å². The lowest BCUT2D eigenvalue weighted by molar-refractivity contribution is -0.124. The number of likely N-dealkylation sites (N-methyl/N-ethyl adjacent to an activating group) is 1. The number of thiocarbonyl (C=S) groups is 1. The molecule has 4 heteroatoms. The standard InChI is InChI=1S/C18H27N2OS/c1-3-5-6-7-11-14-20(16-12-9-8-10-13-16)17(21)15-19(4-2)18(20)22/h8-10,12-13H,3-7,11,14-15H2,1-2H3/q+1. The van der Waals surface area contributed by atoms with Gasteiger partial charge in [-0.05, 0) is 19.8 Å². The lowest BCUT2D eigenvalue weighted by Crippen LogP contribution is -2.55. The molecule has 0 aliphatic carbocycles. The van der Waals surface area contributed by atoms with Gasteiger partial charge in [-0.1, -0.05) is 44.4 Å². The van der Waals surface area contributed by atoms with Crippen molar-refractivity contribution in [1.29, 1.82) is 0 Å². The highest BCUT2D eigenvalue weighted by atomic mass is 32.1. The summed E-state index contributed by atoms with van der Waals surface area (Å²) in [4.78, 5) is 14.9. The highest BCUT2D eigenvalue weighted by Crippen LogP contribution is 2.31. The number of quaternary nitrogens is 1. The topological polar surface area (TPSA) is 20.3 Å². The van der Waals surface area contributed by atoms with Gasteiger partial charge in [-0.3, -0.25) is 0 Å². The maximum absolute atomic E-state index is 12.8. The van der Waals surface area contributed by atoms with Crippen LogP contribution in [-0.4, -0.2) is 35.6 Å². The van der Waals surface area contributed by atoms with Gasteiger partial charge in [0, 0.05) is 30.9 Å². The van der Waals surface area contributed by atoms with Crippen LogP contribution >= 0.6 is 12.2 Å². The summed E-state index contributed by atoms with van der Waals surface area (Å²) < 4.78 is 0.246. The molecule has 0 bridgehead atoms. The van der Waals surface area contributed by atoms with Gasteiger partial charge in [0.05, 0.1) is 6.54 Å². The largest absolute Gasteiger partial charge is 0.345 e. The fraction of sp³-hybridized carbons (Fsp3) is 0.556. The zero-order valence-corrected chi connectivity index (χ0v) is 14.6. The summed E-state index contributed by atoms with van der Waals surface area (Å²) in [6.07, 6.45) is 5.95. The fourth-order valence-electron chi connectivity index (χ4n) is 3.19. The second-order valence-electron chi connectivity index (χ2n) is 5.97. The molecular weight excluding hydrogens is 292 g/mol. The molecule has 1 atom stereocenters. The molecule has 0 aromatic heterocycles. The smallest absolute Gasteiger partial charge is 0.304 e. The van der Waals surface area contributed by atoms with Gasteiger partial charge in [0.2, 0.25) is 0 Å². The molecule has 1 aliphatic rings. The van der Waals surface area contributed by atoms with Crippen LogP contribution in [0.25, 0.3) is 0 Å². The summed E-state index contributed by atoms with van der Waals surface area (Å²) in [7, 11) is 0. The van der Waals surface area contributed by atoms with E-state index in [0.717, 1.165) is 30.3 Å². The van der Waals surface area contributed by atoms with E-state index in [2.05, 4.69) is 13.8 Å². The second kappa shape index (κ2) is 7.84. The number of para-hydroxylation sites is 1. The van der Waals surface area contributed by atoms with E-state index in [0.29, 0.717) is 6.54 Å². The van der Waals surface area contributed by atoms with Crippen LogP contribution in [0.5, 0.6) is 0 Å². The minimum absolute atomic E-state index is 0.216. The quantitative estimate of drug-likeness (QED) is 0.408. The average molecular weight is 319 g/mol. The van der Waals surface area contributed by atoms with E-state index in [1.165, 1.54) is 25.7 Å². The number of unbranched alkanes of at least 4 members (excludes halogenated alkanes) is 4. The lowest BCUT2D eigenvalue weighted by atomic mass is 10.1. The molecule has 22 heavy (non-hydrogen) atoms. The third kappa shape index (κ3) is 3.23. The van der Waals surface area contributed by atoms with Crippen molar-refractivity contribution < 1.29 is 4.79 Å². The van der Waals surface area contributed by atoms with Crippen LogP contribution in [0.3, 0.4) is 0 Å². The zero-order valence-electron chi connectivity index (χ0n) is 13.8. The van der Waals surface area contributed by atoms with Crippen LogP contribution in [0.4, 0.5) is 5.69 Å². The molecule has 1 unspecified atom stereocenters. The molecule has 120 valence electrons. The van der Waals surface area contributed by atoms with E-state index in [1.807, 2.05) is 35.2 Å². The molecular formula is C18H27N2OS+. The SMILES string of the molecule is CCCCCCC[N+]1(c2ccccc2)C(=O)CN(CC)C1=S.